The van der Waals surface area contributed by atoms with E-state index in [9.17, 15) is 0 Å². The van der Waals surface area contributed by atoms with Crippen molar-refractivity contribution in [2.24, 2.45) is 0 Å². The first-order valence-electron chi connectivity index (χ1n) is 5.38. The fourth-order valence-electron chi connectivity index (χ4n) is 2.07. The van der Waals surface area contributed by atoms with E-state index in [0.717, 1.165) is 5.58 Å². The van der Waals surface area contributed by atoms with Crippen molar-refractivity contribution in [2.45, 2.75) is 6.92 Å². The zero-order chi connectivity index (χ0) is 11.0. The van der Waals surface area contributed by atoms with Crippen molar-refractivity contribution in [3.05, 3.63) is 60.4 Å². The largest absolute Gasteiger partial charge is 0.464 e. The van der Waals surface area contributed by atoms with Crippen LogP contribution in [0.4, 0.5) is 0 Å². The molecule has 0 spiro atoms. The van der Waals surface area contributed by atoms with Gasteiger partial charge in [0.25, 0.3) is 0 Å². The van der Waals surface area contributed by atoms with E-state index in [0.29, 0.717) is 0 Å². The monoisotopic (exact) mass is 208 g/mol. The third kappa shape index (κ3) is 1.33. The van der Waals surface area contributed by atoms with Crippen molar-refractivity contribution in [3.8, 4) is 11.1 Å². The Bertz CT molecular complexity index is 620. The van der Waals surface area contributed by atoms with Crippen LogP contribution in [0, 0.1) is 6.92 Å². The van der Waals surface area contributed by atoms with Crippen LogP contribution in [0.2, 0.25) is 0 Å². The van der Waals surface area contributed by atoms with Crippen molar-refractivity contribution in [2.75, 3.05) is 0 Å². The molecule has 3 rings (SSSR count). The zero-order valence-electron chi connectivity index (χ0n) is 9.10. The molecule has 3 aromatic rings. The summed E-state index contributed by atoms with van der Waals surface area (Å²) in [6.07, 6.45) is 1.75. The molecule has 0 aliphatic rings. The highest BCUT2D eigenvalue weighted by Gasteiger charge is 2.07. The van der Waals surface area contributed by atoms with Crippen LogP contribution < -0.4 is 0 Å². The molecule has 0 atom stereocenters. The maximum absolute atomic E-state index is 5.51. The van der Waals surface area contributed by atoms with Crippen LogP contribution in [0.25, 0.3) is 22.1 Å². The van der Waals surface area contributed by atoms with Gasteiger partial charge in [-0.3, -0.25) is 0 Å². The Morgan fingerprint density at radius 1 is 0.875 bits per heavy atom. The summed E-state index contributed by atoms with van der Waals surface area (Å²) in [5.41, 5.74) is 4.63. The maximum Gasteiger partial charge on any atom is 0.137 e. The topological polar surface area (TPSA) is 13.1 Å². The summed E-state index contributed by atoms with van der Waals surface area (Å²) in [6.45, 7) is 2.07. The van der Waals surface area contributed by atoms with Gasteiger partial charge in [0, 0.05) is 5.39 Å². The second kappa shape index (κ2) is 3.53. The van der Waals surface area contributed by atoms with E-state index in [1.54, 1.807) is 6.26 Å². The molecule has 1 heteroatoms. The highest BCUT2D eigenvalue weighted by atomic mass is 16.3. The summed E-state index contributed by atoms with van der Waals surface area (Å²) in [7, 11) is 0. The van der Waals surface area contributed by atoms with Crippen molar-refractivity contribution in [3.63, 3.8) is 0 Å². The van der Waals surface area contributed by atoms with Gasteiger partial charge in [0.2, 0.25) is 0 Å². The Kier molecular flexibility index (Phi) is 2.03. The third-order valence-corrected chi connectivity index (χ3v) is 2.90. The van der Waals surface area contributed by atoms with Gasteiger partial charge in [0.15, 0.2) is 0 Å². The van der Waals surface area contributed by atoms with E-state index in [-0.39, 0.29) is 0 Å². The molecule has 0 fully saturated rings. The van der Waals surface area contributed by atoms with Gasteiger partial charge >= 0.3 is 0 Å². The van der Waals surface area contributed by atoms with E-state index < -0.39 is 0 Å². The molecule has 1 aromatic heterocycles. The quantitative estimate of drug-likeness (QED) is 0.577. The third-order valence-electron chi connectivity index (χ3n) is 2.90. The molecule has 0 bridgehead atoms. The smallest absolute Gasteiger partial charge is 0.137 e. The lowest BCUT2D eigenvalue weighted by Crippen LogP contribution is -1.80. The van der Waals surface area contributed by atoms with Gasteiger partial charge in [-0.2, -0.15) is 0 Å². The summed E-state index contributed by atoms with van der Waals surface area (Å²) in [6, 6.07) is 16.7. The minimum Gasteiger partial charge on any atom is -0.464 e. The Morgan fingerprint density at radius 3 is 2.50 bits per heavy atom. The van der Waals surface area contributed by atoms with E-state index in [1.165, 1.54) is 22.1 Å². The minimum absolute atomic E-state index is 0.987. The lowest BCUT2D eigenvalue weighted by molar-refractivity contribution is 0.613. The molecule has 0 amide bonds. The van der Waals surface area contributed by atoms with Crippen LogP contribution in [0.5, 0.6) is 0 Å². The van der Waals surface area contributed by atoms with Crippen molar-refractivity contribution >= 4 is 11.0 Å². The van der Waals surface area contributed by atoms with Crippen LogP contribution in [-0.2, 0) is 0 Å². The van der Waals surface area contributed by atoms with Gasteiger partial charge in [-0.05, 0) is 29.7 Å². The molecule has 0 aliphatic carbocycles. The van der Waals surface area contributed by atoms with Crippen LogP contribution >= 0.6 is 0 Å². The molecule has 0 aliphatic heterocycles. The number of benzene rings is 2. The number of rotatable bonds is 1. The minimum atomic E-state index is 0.987. The average Bonchev–Trinajstić information content (AvgIpc) is 2.81. The van der Waals surface area contributed by atoms with Crippen molar-refractivity contribution in [1.82, 2.24) is 0 Å². The van der Waals surface area contributed by atoms with Gasteiger partial charge in [-0.1, -0.05) is 42.5 Å². The highest BCUT2D eigenvalue weighted by Crippen LogP contribution is 2.31. The highest BCUT2D eigenvalue weighted by molar-refractivity contribution is 5.95. The van der Waals surface area contributed by atoms with E-state index in [2.05, 4.69) is 43.3 Å². The van der Waals surface area contributed by atoms with Gasteiger partial charge < -0.3 is 4.42 Å². The summed E-state index contributed by atoms with van der Waals surface area (Å²) in [5.74, 6) is 0. The van der Waals surface area contributed by atoms with Gasteiger partial charge in [0.1, 0.15) is 5.58 Å². The van der Waals surface area contributed by atoms with Crippen LogP contribution in [0.3, 0.4) is 0 Å². The number of hydrogen-bond acceptors (Lipinski definition) is 1. The molecular formula is C15H12O. The molecule has 0 unspecified atom stereocenters. The van der Waals surface area contributed by atoms with Gasteiger partial charge in [-0.25, -0.2) is 0 Å². The van der Waals surface area contributed by atoms with E-state index in [4.69, 9.17) is 4.42 Å². The average molecular weight is 208 g/mol. The summed E-state index contributed by atoms with van der Waals surface area (Å²) in [4.78, 5) is 0. The van der Waals surface area contributed by atoms with Gasteiger partial charge in [0.05, 0.1) is 6.26 Å². The van der Waals surface area contributed by atoms with Gasteiger partial charge in [-0.15, -0.1) is 0 Å². The number of hydrogen-bond donors (Lipinski definition) is 0. The lowest BCUT2D eigenvalue weighted by atomic mass is 10.0. The molecule has 2 aromatic carbocycles. The van der Waals surface area contributed by atoms with E-state index in [1.807, 2.05) is 12.1 Å². The molecule has 78 valence electrons. The predicted octanol–water partition coefficient (Wildman–Crippen LogP) is 4.41. The van der Waals surface area contributed by atoms with Crippen LogP contribution in [-0.4, -0.2) is 0 Å². The molecule has 0 saturated heterocycles. The Morgan fingerprint density at radius 2 is 1.69 bits per heavy atom. The molecule has 0 saturated carbocycles. The maximum atomic E-state index is 5.51. The van der Waals surface area contributed by atoms with Crippen molar-refractivity contribution in [1.29, 1.82) is 0 Å². The summed E-state index contributed by atoms with van der Waals surface area (Å²) < 4.78 is 5.51. The fraction of sp³-hybridized carbons (Fsp3) is 0.0667. The lowest BCUT2D eigenvalue weighted by Gasteiger charge is -2.04. The Balaban J connectivity index is 2.33. The summed E-state index contributed by atoms with van der Waals surface area (Å²) in [5, 5.41) is 1.19. The molecule has 1 nitrogen and oxygen atoms in total. The molecule has 16 heavy (non-hydrogen) atoms. The zero-order valence-corrected chi connectivity index (χ0v) is 9.10. The van der Waals surface area contributed by atoms with Crippen LogP contribution in [0.1, 0.15) is 5.56 Å². The standard InChI is InChI=1S/C15H12O/c1-11-7-8-13(12-5-3-2-4-6-12)14-9-10-16-15(11)14/h2-10H,1H3. The molecule has 1 heterocycles. The first kappa shape index (κ1) is 9.22. The number of furan rings is 1. The fourth-order valence-corrected chi connectivity index (χ4v) is 2.07. The molecule has 0 radical (unpaired) electrons. The first-order valence-corrected chi connectivity index (χ1v) is 5.38. The molecule has 0 N–H and O–H groups in total. The first-order chi connectivity index (χ1) is 7.86. The normalized spacial score (nSPS) is 10.8. The van der Waals surface area contributed by atoms with Crippen LogP contribution in [0.15, 0.2) is 59.2 Å². The second-order valence-corrected chi connectivity index (χ2v) is 3.96. The van der Waals surface area contributed by atoms with Crippen molar-refractivity contribution < 1.29 is 4.42 Å². The summed E-state index contributed by atoms with van der Waals surface area (Å²) >= 11 is 0. The Labute approximate surface area is 94.3 Å². The number of fused-ring (bicyclic) bond motifs is 1. The predicted molar refractivity (Wildman–Crippen MR) is 66.4 cm³/mol. The molecular weight excluding hydrogens is 196 g/mol. The Hall–Kier alpha value is -2.02. The SMILES string of the molecule is Cc1ccc(-c2ccccc2)c2ccoc12. The van der Waals surface area contributed by atoms with E-state index >= 15 is 0 Å². The number of aryl methyl sites for hydroxylation is 1. The second-order valence-electron chi connectivity index (χ2n) is 3.96.